The number of rotatable bonds is 15. The second-order valence-electron chi connectivity index (χ2n) is 15.1. The highest BCUT2D eigenvalue weighted by atomic mass is 32.2. The number of nitrogens with zero attached hydrogens (tertiary/aromatic N) is 6. The number of hydrogen-bond donors (Lipinski definition) is 4. The van der Waals surface area contributed by atoms with Crippen molar-refractivity contribution in [1.82, 2.24) is 35.0 Å². The Morgan fingerprint density at radius 3 is 2.37 bits per heavy atom. The minimum absolute atomic E-state index is 0.0211. The van der Waals surface area contributed by atoms with Crippen LogP contribution in [-0.4, -0.2) is 114 Å². The lowest BCUT2D eigenvalue weighted by Crippen LogP contribution is -2.54. The zero-order valence-corrected chi connectivity index (χ0v) is 33.7. The van der Waals surface area contributed by atoms with Crippen LogP contribution < -0.4 is 26.2 Å². The van der Waals surface area contributed by atoms with Crippen molar-refractivity contribution in [1.29, 1.82) is 0 Å². The van der Waals surface area contributed by atoms with Gasteiger partial charge in [0.05, 0.1) is 34.9 Å². The van der Waals surface area contributed by atoms with E-state index in [1.54, 1.807) is 47.0 Å². The lowest BCUT2D eigenvalue weighted by atomic mass is 10.0. The molecule has 8 rings (SSSR count). The van der Waals surface area contributed by atoms with Crippen molar-refractivity contribution in [2.24, 2.45) is 0 Å². The molecule has 3 aliphatic heterocycles. The molecule has 0 spiro atoms. The fourth-order valence-electron chi connectivity index (χ4n) is 7.65. The number of carbonyl (C=O) groups is 5. The first-order valence-corrected chi connectivity index (χ1v) is 21.7. The van der Waals surface area contributed by atoms with E-state index in [9.17, 15) is 32.4 Å². The van der Waals surface area contributed by atoms with Gasteiger partial charge in [-0.2, -0.15) is 4.98 Å². The topological polar surface area (TPSA) is 208 Å². The van der Waals surface area contributed by atoms with Crippen molar-refractivity contribution in [3.8, 4) is 11.3 Å². The maximum absolute atomic E-state index is 13.1. The van der Waals surface area contributed by atoms with Crippen LogP contribution in [0, 0.1) is 0 Å². The van der Waals surface area contributed by atoms with Crippen LogP contribution in [0.3, 0.4) is 0 Å². The number of fused-ring (bicyclic) bond motifs is 2. The van der Waals surface area contributed by atoms with Gasteiger partial charge in [-0.25, -0.2) is 12.9 Å². The highest BCUT2D eigenvalue weighted by molar-refractivity contribution is 7.90. The van der Waals surface area contributed by atoms with Gasteiger partial charge in [0.1, 0.15) is 6.04 Å². The molecule has 17 nitrogen and oxygen atoms in total. The molecule has 1 atom stereocenters. The Balaban J connectivity index is 0.737. The number of unbranched alkanes of at least 4 members (excludes halogenated alkanes) is 2. The number of imide groups is 2. The van der Waals surface area contributed by atoms with Crippen LogP contribution in [0.15, 0.2) is 89.8 Å². The van der Waals surface area contributed by atoms with Crippen molar-refractivity contribution in [2.45, 2.75) is 43.0 Å². The third-order valence-corrected chi connectivity index (χ3v) is 11.9. The van der Waals surface area contributed by atoms with E-state index in [-0.39, 0.29) is 34.8 Å². The van der Waals surface area contributed by atoms with Gasteiger partial charge in [-0.15, -0.1) is 5.10 Å². The summed E-state index contributed by atoms with van der Waals surface area (Å²) in [7, 11) is -3.30. The average molecular weight is 833 g/mol. The van der Waals surface area contributed by atoms with Crippen LogP contribution in [-0.2, 0) is 24.2 Å². The number of nitrogens with one attached hydrogen (secondary N) is 4. The molecular formula is C42H44N10O7S. The molecule has 1 unspecified atom stereocenters. The molecule has 2 fully saturated rings. The Morgan fingerprint density at radius 2 is 1.60 bits per heavy atom. The Morgan fingerprint density at radius 1 is 0.850 bits per heavy atom. The zero-order chi connectivity index (χ0) is 42.0. The van der Waals surface area contributed by atoms with E-state index < -0.39 is 39.5 Å². The van der Waals surface area contributed by atoms with Crippen molar-refractivity contribution >= 4 is 68.0 Å². The third kappa shape index (κ3) is 8.69. The summed E-state index contributed by atoms with van der Waals surface area (Å²) in [6, 6.07) is 24.2. The predicted octanol–water partition coefficient (Wildman–Crippen LogP) is 3.42. The molecule has 5 heterocycles. The lowest BCUT2D eigenvalue weighted by Gasteiger charge is -2.27. The van der Waals surface area contributed by atoms with Gasteiger partial charge in [-0.1, -0.05) is 18.2 Å². The molecule has 0 radical (unpaired) electrons. The standard InChI is InChI=1S/C42H44N10O7S/c1-60(58,59)31-15-8-27(9-16-31)34-6-5-7-36-46-42(48-52(34)36)45-28-10-13-30(14-11-28)50-23-22-49(26-50)25-38(54)44-21-4-2-3-20-43-29-12-17-32-33(24-29)41(57)51(40(32)56)35-18-19-37(53)47-39(35)55/h5-17,24,35,43H,2-4,18-23,25-26H2,1H3,(H,44,54)(H,45,48)(H,47,53,55). The number of sulfone groups is 1. The molecule has 3 aromatic carbocycles. The van der Waals surface area contributed by atoms with Crippen molar-refractivity contribution in [2.75, 3.05) is 61.2 Å². The van der Waals surface area contributed by atoms with Gasteiger partial charge < -0.3 is 20.9 Å². The molecule has 0 aliphatic carbocycles. The molecule has 310 valence electrons. The van der Waals surface area contributed by atoms with Gasteiger partial charge in [-0.3, -0.25) is 39.1 Å². The number of benzene rings is 3. The molecule has 3 aliphatic rings. The van der Waals surface area contributed by atoms with Crippen LogP contribution in [0.5, 0.6) is 0 Å². The first kappa shape index (κ1) is 40.1. The first-order valence-electron chi connectivity index (χ1n) is 19.8. The van der Waals surface area contributed by atoms with Gasteiger partial charge in [0.2, 0.25) is 23.7 Å². The fourth-order valence-corrected chi connectivity index (χ4v) is 8.28. The molecule has 2 saturated heterocycles. The van der Waals surface area contributed by atoms with E-state index in [1.165, 1.54) is 6.26 Å². The summed E-state index contributed by atoms with van der Waals surface area (Å²) in [5, 5.41) is 16.4. The van der Waals surface area contributed by atoms with Gasteiger partial charge in [0.25, 0.3) is 11.8 Å². The number of hydrogen-bond acceptors (Lipinski definition) is 13. The highest BCUT2D eigenvalue weighted by Gasteiger charge is 2.44. The van der Waals surface area contributed by atoms with Crippen LogP contribution in [0.4, 0.5) is 23.0 Å². The van der Waals surface area contributed by atoms with Crippen LogP contribution in [0.1, 0.15) is 52.8 Å². The Bertz CT molecular complexity index is 2600. The monoisotopic (exact) mass is 832 g/mol. The van der Waals surface area contributed by atoms with Crippen LogP contribution in [0.25, 0.3) is 16.9 Å². The number of aromatic nitrogens is 3. The van der Waals surface area contributed by atoms with Crippen LogP contribution >= 0.6 is 0 Å². The smallest absolute Gasteiger partial charge is 0.262 e. The number of amides is 5. The molecule has 5 aromatic rings. The summed E-state index contributed by atoms with van der Waals surface area (Å²) in [5.41, 5.74) is 5.25. The first-order chi connectivity index (χ1) is 28.9. The molecule has 60 heavy (non-hydrogen) atoms. The summed E-state index contributed by atoms with van der Waals surface area (Å²) < 4.78 is 25.5. The molecule has 0 bridgehead atoms. The van der Waals surface area contributed by atoms with Crippen molar-refractivity contribution < 1.29 is 32.4 Å². The lowest BCUT2D eigenvalue weighted by molar-refractivity contribution is -0.136. The maximum atomic E-state index is 13.1. The van der Waals surface area contributed by atoms with Gasteiger partial charge >= 0.3 is 0 Å². The summed E-state index contributed by atoms with van der Waals surface area (Å²) in [6.07, 6.45) is 3.88. The molecule has 18 heteroatoms. The summed E-state index contributed by atoms with van der Waals surface area (Å²) >= 11 is 0. The normalized spacial score (nSPS) is 17.0. The fraction of sp³-hybridized carbons (Fsp3) is 0.310. The minimum atomic E-state index is -3.30. The molecule has 4 N–H and O–H groups in total. The SMILES string of the molecule is CS(=O)(=O)c1ccc(-c2cccc3nc(Nc4ccc(N5CCN(CC(=O)NCCCCCNc6ccc7c(c6)C(=O)N(C6CCC(=O)NC6=O)C7=O)C5)cc4)nn23)cc1. The molecule has 5 amide bonds. The highest BCUT2D eigenvalue weighted by Crippen LogP contribution is 2.30. The second-order valence-corrected chi connectivity index (χ2v) is 17.1. The predicted molar refractivity (Wildman–Crippen MR) is 224 cm³/mol. The summed E-state index contributed by atoms with van der Waals surface area (Å²) in [6.45, 7) is 3.70. The largest absolute Gasteiger partial charge is 0.385 e. The van der Waals surface area contributed by atoms with Crippen LogP contribution in [0.2, 0.25) is 0 Å². The Hall–Kier alpha value is -6.66. The van der Waals surface area contributed by atoms with E-state index >= 15 is 0 Å². The number of carbonyl (C=O) groups excluding carboxylic acids is 5. The van der Waals surface area contributed by atoms with E-state index in [4.69, 9.17) is 0 Å². The number of pyridine rings is 1. The Labute approximate surface area is 346 Å². The summed E-state index contributed by atoms with van der Waals surface area (Å²) in [4.78, 5) is 72.7. The minimum Gasteiger partial charge on any atom is -0.385 e. The zero-order valence-electron chi connectivity index (χ0n) is 32.9. The molecular weight excluding hydrogens is 789 g/mol. The number of anilines is 4. The summed E-state index contributed by atoms with van der Waals surface area (Å²) in [5.74, 6) is -1.72. The van der Waals surface area contributed by atoms with Crippen molar-refractivity contribution in [3.63, 3.8) is 0 Å². The maximum Gasteiger partial charge on any atom is 0.262 e. The van der Waals surface area contributed by atoms with E-state index in [2.05, 4.69) is 41.1 Å². The Kier molecular flexibility index (Phi) is 11.3. The number of piperidine rings is 1. The van der Waals surface area contributed by atoms with Gasteiger partial charge in [0.15, 0.2) is 15.5 Å². The third-order valence-electron chi connectivity index (χ3n) is 10.8. The van der Waals surface area contributed by atoms with E-state index in [1.807, 2.05) is 42.5 Å². The van der Waals surface area contributed by atoms with Gasteiger partial charge in [-0.05, 0) is 92.4 Å². The van der Waals surface area contributed by atoms with E-state index in [0.29, 0.717) is 43.6 Å². The second kappa shape index (κ2) is 16.9. The van der Waals surface area contributed by atoms with E-state index in [0.717, 1.165) is 59.9 Å². The quantitative estimate of drug-likeness (QED) is 0.0883. The molecule has 2 aromatic heterocycles. The molecule has 0 saturated carbocycles. The average Bonchev–Trinajstić information content (AvgIpc) is 3.93. The van der Waals surface area contributed by atoms with Gasteiger partial charge in [0, 0.05) is 61.5 Å². The van der Waals surface area contributed by atoms with Crippen molar-refractivity contribution in [3.05, 3.63) is 96.1 Å².